The highest BCUT2D eigenvalue weighted by Crippen LogP contribution is 2.29. The third-order valence-electron chi connectivity index (χ3n) is 3.74. The molecule has 108 valence electrons. The molecule has 1 aliphatic heterocycles. The van der Waals surface area contributed by atoms with Gasteiger partial charge in [0.1, 0.15) is 6.07 Å². The molecule has 6 heteroatoms. The summed E-state index contributed by atoms with van der Waals surface area (Å²) in [7, 11) is 0. The number of ether oxygens (including phenoxy) is 1. The van der Waals surface area contributed by atoms with Gasteiger partial charge in [0.25, 0.3) is 0 Å². The molecule has 2 heterocycles. The SMILES string of the molecule is CC(N)C1CN(c2c(C#N)nnc3ccccc23)CCO1. The zero-order valence-corrected chi connectivity index (χ0v) is 11.9. The summed E-state index contributed by atoms with van der Waals surface area (Å²) in [6.45, 7) is 3.89. The first kappa shape index (κ1) is 13.7. The van der Waals surface area contributed by atoms with Crippen LogP contribution in [0, 0.1) is 11.3 Å². The number of aromatic nitrogens is 2. The van der Waals surface area contributed by atoms with Crippen LogP contribution in [0.2, 0.25) is 0 Å². The number of hydrogen-bond acceptors (Lipinski definition) is 6. The van der Waals surface area contributed by atoms with Crippen LogP contribution >= 0.6 is 0 Å². The van der Waals surface area contributed by atoms with E-state index in [4.69, 9.17) is 10.5 Å². The van der Waals surface area contributed by atoms with E-state index in [0.717, 1.165) is 16.6 Å². The molecule has 1 aliphatic rings. The molecule has 6 nitrogen and oxygen atoms in total. The summed E-state index contributed by atoms with van der Waals surface area (Å²) in [5.41, 5.74) is 7.91. The predicted molar refractivity (Wildman–Crippen MR) is 79.9 cm³/mol. The Morgan fingerprint density at radius 3 is 3.00 bits per heavy atom. The number of nitrogens with zero attached hydrogens (tertiary/aromatic N) is 4. The molecule has 0 amide bonds. The summed E-state index contributed by atoms with van der Waals surface area (Å²) in [6, 6.07) is 9.81. The minimum atomic E-state index is -0.0561. The average molecular weight is 283 g/mol. The zero-order chi connectivity index (χ0) is 14.8. The van der Waals surface area contributed by atoms with Gasteiger partial charge in [0.15, 0.2) is 5.69 Å². The first-order chi connectivity index (χ1) is 10.2. The van der Waals surface area contributed by atoms with Crippen molar-refractivity contribution in [3.63, 3.8) is 0 Å². The standard InChI is InChI=1S/C15H17N5O/c1-10(17)14-9-20(6-7-21-14)15-11-4-2-3-5-12(11)18-19-13(15)8-16/h2-5,10,14H,6-7,9,17H2,1H3. The summed E-state index contributed by atoms with van der Waals surface area (Å²) in [5.74, 6) is 0. The number of fused-ring (bicyclic) bond motifs is 1. The third kappa shape index (κ3) is 2.53. The number of anilines is 1. The predicted octanol–water partition coefficient (Wildman–Crippen LogP) is 1.05. The summed E-state index contributed by atoms with van der Waals surface area (Å²) in [6.07, 6.45) is -0.0442. The highest BCUT2D eigenvalue weighted by atomic mass is 16.5. The molecular formula is C15H17N5O. The van der Waals surface area contributed by atoms with Crippen molar-refractivity contribution >= 4 is 16.6 Å². The van der Waals surface area contributed by atoms with Gasteiger partial charge in [-0.05, 0) is 13.0 Å². The van der Waals surface area contributed by atoms with Gasteiger partial charge in [0, 0.05) is 24.5 Å². The Kier molecular flexibility index (Phi) is 3.69. The van der Waals surface area contributed by atoms with Crippen LogP contribution in [0.25, 0.3) is 10.9 Å². The second kappa shape index (κ2) is 5.64. The fourth-order valence-corrected chi connectivity index (χ4v) is 2.63. The Labute approximate surface area is 123 Å². The monoisotopic (exact) mass is 283 g/mol. The number of rotatable bonds is 2. The van der Waals surface area contributed by atoms with Gasteiger partial charge in [0.2, 0.25) is 0 Å². The van der Waals surface area contributed by atoms with Crippen LogP contribution in [0.5, 0.6) is 0 Å². The van der Waals surface area contributed by atoms with E-state index < -0.39 is 0 Å². The smallest absolute Gasteiger partial charge is 0.187 e. The number of hydrogen-bond donors (Lipinski definition) is 1. The largest absolute Gasteiger partial charge is 0.373 e. The van der Waals surface area contributed by atoms with Crippen molar-refractivity contribution in [2.24, 2.45) is 5.73 Å². The van der Waals surface area contributed by atoms with Crippen molar-refractivity contribution < 1.29 is 4.74 Å². The molecule has 1 aromatic carbocycles. The van der Waals surface area contributed by atoms with E-state index in [0.29, 0.717) is 25.4 Å². The van der Waals surface area contributed by atoms with Crippen LogP contribution in [0.1, 0.15) is 12.6 Å². The Bertz CT molecular complexity index is 694. The molecular weight excluding hydrogens is 266 g/mol. The van der Waals surface area contributed by atoms with Crippen LogP contribution < -0.4 is 10.6 Å². The van der Waals surface area contributed by atoms with Crippen molar-refractivity contribution in [3.05, 3.63) is 30.0 Å². The summed E-state index contributed by atoms with van der Waals surface area (Å²) in [4.78, 5) is 2.13. The van der Waals surface area contributed by atoms with Gasteiger partial charge in [-0.15, -0.1) is 10.2 Å². The van der Waals surface area contributed by atoms with Gasteiger partial charge in [0.05, 0.1) is 23.9 Å². The number of benzene rings is 1. The molecule has 0 bridgehead atoms. The fourth-order valence-electron chi connectivity index (χ4n) is 2.63. The van der Waals surface area contributed by atoms with Gasteiger partial charge in [-0.3, -0.25) is 0 Å². The lowest BCUT2D eigenvalue weighted by Crippen LogP contribution is -2.50. The fraction of sp³-hybridized carbons (Fsp3) is 0.400. The van der Waals surface area contributed by atoms with Crippen LogP contribution in [0.4, 0.5) is 5.69 Å². The summed E-state index contributed by atoms with van der Waals surface area (Å²) in [5, 5.41) is 18.4. The van der Waals surface area contributed by atoms with Gasteiger partial charge in [-0.1, -0.05) is 18.2 Å². The quantitative estimate of drug-likeness (QED) is 0.886. The van der Waals surface area contributed by atoms with E-state index in [1.807, 2.05) is 31.2 Å². The Balaban J connectivity index is 2.08. The van der Waals surface area contributed by atoms with Crippen molar-refractivity contribution in [2.45, 2.75) is 19.1 Å². The number of nitriles is 1. The van der Waals surface area contributed by atoms with Gasteiger partial charge in [-0.25, -0.2) is 0 Å². The molecule has 2 unspecified atom stereocenters. The van der Waals surface area contributed by atoms with Gasteiger partial charge < -0.3 is 15.4 Å². The van der Waals surface area contributed by atoms with E-state index in [2.05, 4.69) is 21.2 Å². The second-order valence-corrected chi connectivity index (χ2v) is 5.24. The van der Waals surface area contributed by atoms with Crippen LogP contribution in [-0.4, -0.2) is 42.0 Å². The first-order valence-corrected chi connectivity index (χ1v) is 6.98. The Morgan fingerprint density at radius 1 is 1.43 bits per heavy atom. The molecule has 0 radical (unpaired) electrons. The second-order valence-electron chi connectivity index (χ2n) is 5.24. The maximum atomic E-state index is 9.35. The zero-order valence-electron chi connectivity index (χ0n) is 11.9. The molecule has 1 aromatic heterocycles. The molecule has 3 rings (SSSR count). The minimum Gasteiger partial charge on any atom is -0.373 e. The van der Waals surface area contributed by atoms with E-state index >= 15 is 0 Å². The molecule has 21 heavy (non-hydrogen) atoms. The van der Waals surface area contributed by atoms with Crippen molar-refractivity contribution in [3.8, 4) is 6.07 Å². The molecule has 1 saturated heterocycles. The first-order valence-electron chi connectivity index (χ1n) is 6.98. The van der Waals surface area contributed by atoms with Crippen molar-refractivity contribution in [1.29, 1.82) is 5.26 Å². The lowest BCUT2D eigenvalue weighted by Gasteiger charge is -2.36. The summed E-state index contributed by atoms with van der Waals surface area (Å²) >= 11 is 0. The van der Waals surface area contributed by atoms with Crippen LogP contribution in [-0.2, 0) is 4.74 Å². The molecule has 2 atom stereocenters. The number of morpholine rings is 1. The third-order valence-corrected chi connectivity index (χ3v) is 3.74. The van der Waals surface area contributed by atoms with Gasteiger partial charge in [-0.2, -0.15) is 5.26 Å². The number of nitrogens with two attached hydrogens (primary N) is 1. The van der Waals surface area contributed by atoms with Crippen molar-refractivity contribution in [1.82, 2.24) is 10.2 Å². The highest BCUT2D eigenvalue weighted by molar-refractivity contribution is 5.93. The van der Waals surface area contributed by atoms with E-state index in [9.17, 15) is 5.26 Å². The molecule has 0 saturated carbocycles. The maximum Gasteiger partial charge on any atom is 0.187 e. The average Bonchev–Trinajstić information content (AvgIpc) is 2.53. The van der Waals surface area contributed by atoms with Crippen LogP contribution in [0.15, 0.2) is 24.3 Å². The van der Waals surface area contributed by atoms with E-state index in [1.165, 1.54) is 0 Å². The molecule has 2 N–H and O–H groups in total. The highest BCUT2D eigenvalue weighted by Gasteiger charge is 2.26. The summed E-state index contributed by atoms with van der Waals surface area (Å²) < 4.78 is 5.69. The lowest BCUT2D eigenvalue weighted by atomic mass is 10.1. The van der Waals surface area contributed by atoms with E-state index in [-0.39, 0.29) is 12.1 Å². The molecule has 2 aromatic rings. The van der Waals surface area contributed by atoms with Crippen molar-refractivity contribution in [2.75, 3.05) is 24.6 Å². The Morgan fingerprint density at radius 2 is 2.24 bits per heavy atom. The topological polar surface area (TPSA) is 88.1 Å². The maximum absolute atomic E-state index is 9.35. The lowest BCUT2D eigenvalue weighted by molar-refractivity contribution is 0.0276. The Hall–Kier alpha value is -2.23. The molecule has 0 spiro atoms. The normalized spacial score (nSPS) is 20.2. The van der Waals surface area contributed by atoms with Crippen LogP contribution in [0.3, 0.4) is 0 Å². The minimum absolute atomic E-state index is 0.0442. The van der Waals surface area contributed by atoms with E-state index in [1.54, 1.807) is 0 Å². The van der Waals surface area contributed by atoms with Gasteiger partial charge >= 0.3 is 0 Å². The molecule has 1 fully saturated rings. The molecule has 0 aliphatic carbocycles.